The topological polar surface area (TPSA) is 61.8 Å². The van der Waals surface area contributed by atoms with Gasteiger partial charge in [-0.2, -0.15) is 4.99 Å². The molecule has 3 rings (SSSR count). The van der Waals surface area contributed by atoms with Crippen molar-refractivity contribution in [1.82, 2.24) is 5.32 Å². The summed E-state index contributed by atoms with van der Waals surface area (Å²) in [6, 6.07) is 16.6. The van der Waals surface area contributed by atoms with Crippen molar-refractivity contribution in [1.29, 1.82) is 0 Å². The first kappa shape index (κ1) is 17.0. The summed E-state index contributed by atoms with van der Waals surface area (Å²) in [7, 11) is 3.94. The number of carbonyl (C=O) groups excluding carboxylic acids is 2. The van der Waals surface area contributed by atoms with Crippen molar-refractivity contribution in [2.24, 2.45) is 4.99 Å². The van der Waals surface area contributed by atoms with E-state index in [0.29, 0.717) is 15.6 Å². The number of amides is 2. The van der Waals surface area contributed by atoms with Crippen molar-refractivity contribution in [3.05, 3.63) is 70.6 Å². The van der Waals surface area contributed by atoms with Crippen LogP contribution in [-0.2, 0) is 4.79 Å². The number of nitrogens with zero attached hydrogens (tertiary/aromatic N) is 2. The predicted molar refractivity (Wildman–Crippen MR) is 103 cm³/mol. The van der Waals surface area contributed by atoms with Gasteiger partial charge in [0.15, 0.2) is 5.17 Å². The van der Waals surface area contributed by atoms with Crippen molar-refractivity contribution in [3.63, 3.8) is 0 Å². The summed E-state index contributed by atoms with van der Waals surface area (Å²) in [5, 5.41) is 2.93. The predicted octanol–water partition coefficient (Wildman–Crippen LogP) is 3.15. The molecule has 126 valence electrons. The SMILES string of the molecule is CN(C)c1ccc(/C=C2\SC(=NC(=O)c3ccccc3)NC2=O)cc1. The molecule has 6 heteroatoms. The van der Waals surface area contributed by atoms with Crippen LogP contribution in [0.15, 0.2) is 64.5 Å². The van der Waals surface area contributed by atoms with Gasteiger partial charge < -0.3 is 10.2 Å². The van der Waals surface area contributed by atoms with E-state index in [1.807, 2.05) is 49.3 Å². The van der Waals surface area contributed by atoms with E-state index in [1.165, 1.54) is 11.8 Å². The Morgan fingerprint density at radius 1 is 1.08 bits per heavy atom. The number of carbonyl (C=O) groups is 2. The van der Waals surface area contributed by atoms with Crippen LogP contribution in [0.4, 0.5) is 5.69 Å². The number of hydrogen-bond donors (Lipinski definition) is 1. The first-order valence-corrected chi connectivity index (χ1v) is 8.51. The zero-order valence-electron chi connectivity index (χ0n) is 13.9. The molecule has 1 saturated heterocycles. The molecule has 1 aliphatic rings. The van der Waals surface area contributed by atoms with Crippen LogP contribution in [0.25, 0.3) is 6.08 Å². The van der Waals surface area contributed by atoms with Crippen molar-refractivity contribution in [3.8, 4) is 0 Å². The first-order chi connectivity index (χ1) is 12.0. The van der Waals surface area contributed by atoms with Crippen LogP contribution >= 0.6 is 11.8 Å². The zero-order valence-corrected chi connectivity index (χ0v) is 14.7. The molecule has 1 fully saturated rings. The van der Waals surface area contributed by atoms with E-state index in [1.54, 1.807) is 30.3 Å². The highest BCUT2D eigenvalue weighted by molar-refractivity contribution is 8.18. The van der Waals surface area contributed by atoms with E-state index in [9.17, 15) is 9.59 Å². The molecule has 1 aliphatic heterocycles. The molecule has 5 nitrogen and oxygen atoms in total. The summed E-state index contributed by atoms with van der Waals surface area (Å²) < 4.78 is 0. The van der Waals surface area contributed by atoms with Crippen LogP contribution in [0.3, 0.4) is 0 Å². The van der Waals surface area contributed by atoms with E-state index in [4.69, 9.17) is 0 Å². The van der Waals surface area contributed by atoms with E-state index < -0.39 is 0 Å². The van der Waals surface area contributed by atoms with Gasteiger partial charge in [-0.05, 0) is 47.7 Å². The van der Waals surface area contributed by atoms with Gasteiger partial charge in [-0.3, -0.25) is 9.59 Å². The third kappa shape index (κ3) is 4.16. The Bertz CT molecular complexity index is 856. The number of thioether (sulfide) groups is 1. The summed E-state index contributed by atoms with van der Waals surface area (Å²) in [5.41, 5.74) is 2.49. The van der Waals surface area contributed by atoms with Crippen molar-refractivity contribution in [2.45, 2.75) is 0 Å². The fourth-order valence-corrected chi connectivity index (χ4v) is 3.06. The Labute approximate surface area is 150 Å². The highest BCUT2D eigenvalue weighted by Crippen LogP contribution is 2.26. The van der Waals surface area contributed by atoms with E-state index in [2.05, 4.69) is 10.3 Å². The lowest BCUT2D eigenvalue weighted by atomic mass is 10.2. The van der Waals surface area contributed by atoms with Gasteiger partial charge in [0, 0.05) is 25.3 Å². The second kappa shape index (κ2) is 7.36. The molecule has 2 aromatic carbocycles. The smallest absolute Gasteiger partial charge is 0.279 e. The van der Waals surface area contributed by atoms with Gasteiger partial charge in [0.05, 0.1) is 4.91 Å². The minimum atomic E-state index is -0.375. The lowest BCUT2D eigenvalue weighted by Gasteiger charge is -2.11. The third-order valence-corrected chi connectivity index (χ3v) is 4.49. The summed E-state index contributed by atoms with van der Waals surface area (Å²) in [5.74, 6) is -0.624. The number of hydrogen-bond acceptors (Lipinski definition) is 4. The largest absolute Gasteiger partial charge is 0.378 e. The Morgan fingerprint density at radius 2 is 1.76 bits per heavy atom. The maximum absolute atomic E-state index is 12.1. The molecule has 2 aromatic rings. The average Bonchev–Trinajstić information content (AvgIpc) is 2.95. The first-order valence-electron chi connectivity index (χ1n) is 7.69. The normalized spacial score (nSPS) is 17.0. The van der Waals surface area contributed by atoms with Crippen LogP contribution in [0.1, 0.15) is 15.9 Å². The highest BCUT2D eigenvalue weighted by atomic mass is 32.2. The second-order valence-corrected chi connectivity index (χ2v) is 6.67. The van der Waals surface area contributed by atoms with Gasteiger partial charge in [-0.25, -0.2) is 0 Å². The van der Waals surface area contributed by atoms with Crippen LogP contribution in [0.2, 0.25) is 0 Å². The fraction of sp³-hybridized carbons (Fsp3) is 0.105. The standard InChI is InChI=1S/C19H17N3O2S/c1-22(2)15-10-8-13(9-11-15)12-16-18(24)21-19(25-16)20-17(23)14-6-4-3-5-7-14/h3-12H,1-2H3,(H,20,21,23,24)/b16-12-. The quantitative estimate of drug-likeness (QED) is 0.863. The van der Waals surface area contributed by atoms with Crippen LogP contribution in [0, 0.1) is 0 Å². The van der Waals surface area contributed by atoms with E-state index in [0.717, 1.165) is 11.3 Å². The zero-order chi connectivity index (χ0) is 17.8. The highest BCUT2D eigenvalue weighted by Gasteiger charge is 2.24. The van der Waals surface area contributed by atoms with Crippen LogP contribution < -0.4 is 10.2 Å². The number of nitrogens with one attached hydrogen (secondary N) is 1. The summed E-state index contributed by atoms with van der Waals surface area (Å²) in [6.45, 7) is 0. The lowest BCUT2D eigenvalue weighted by molar-refractivity contribution is -0.115. The lowest BCUT2D eigenvalue weighted by Crippen LogP contribution is -2.20. The van der Waals surface area contributed by atoms with Gasteiger partial charge in [-0.15, -0.1) is 0 Å². The van der Waals surface area contributed by atoms with Gasteiger partial charge in [-0.1, -0.05) is 30.3 Å². The van der Waals surface area contributed by atoms with Gasteiger partial charge in [0.25, 0.3) is 11.8 Å². The third-order valence-electron chi connectivity index (χ3n) is 3.58. The molecule has 0 aromatic heterocycles. The molecule has 1 heterocycles. The van der Waals surface area contributed by atoms with Gasteiger partial charge in [0.1, 0.15) is 0 Å². The molecule has 0 unspecified atom stereocenters. The minimum Gasteiger partial charge on any atom is -0.378 e. The Morgan fingerprint density at radius 3 is 2.40 bits per heavy atom. The molecular weight excluding hydrogens is 334 g/mol. The molecule has 25 heavy (non-hydrogen) atoms. The van der Waals surface area contributed by atoms with Crippen LogP contribution in [0.5, 0.6) is 0 Å². The van der Waals surface area contributed by atoms with Crippen molar-refractivity contribution < 1.29 is 9.59 Å². The van der Waals surface area contributed by atoms with Crippen LogP contribution in [-0.4, -0.2) is 31.1 Å². The number of aliphatic imine (C=N–C) groups is 1. The van der Waals surface area contributed by atoms with Crippen molar-refractivity contribution >= 4 is 40.5 Å². The molecular formula is C19H17N3O2S. The molecule has 2 amide bonds. The maximum atomic E-state index is 12.1. The average molecular weight is 351 g/mol. The number of amidine groups is 1. The number of rotatable bonds is 3. The molecule has 0 radical (unpaired) electrons. The maximum Gasteiger partial charge on any atom is 0.279 e. The summed E-state index contributed by atoms with van der Waals surface area (Å²) >= 11 is 1.17. The molecule has 0 aliphatic carbocycles. The number of benzene rings is 2. The Hall–Kier alpha value is -2.86. The number of anilines is 1. The molecule has 0 bridgehead atoms. The summed E-state index contributed by atoms with van der Waals surface area (Å²) in [4.78, 5) is 30.7. The Balaban J connectivity index is 1.76. The molecule has 1 N–H and O–H groups in total. The molecule has 0 atom stereocenters. The van der Waals surface area contributed by atoms with E-state index in [-0.39, 0.29) is 11.8 Å². The Kier molecular flexibility index (Phi) is 5.00. The monoisotopic (exact) mass is 351 g/mol. The molecule has 0 spiro atoms. The molecule has 0 saturated carbocycles. The minimum absolute atomic E-state index is 0.249. The van der Waals surface area contributed by atoms with E-state index >= 15 is 0 Å². The second-order valence-electron chi connectivity index (χ2n) is 5.64. The van der Waals surface area contributed by atoms with Gasteiger partial charge in [0.2, 0.25) is 0 Å². The van der Waals surface area contributed by atoms with Crippen molar-refractivity contribution in [2.75, 3.05) is 19.0 Å². The fourth-order valence-electron chi connectivity index (χ4n) is 2.24. The van der Waals surface area contributed by atoms with Gasteiger partial charge >= 0.3 is 0 Å². The summed E-state index contributed by atoms with van der Waals surface area (Å²) in [6.07, 6.45) is 1.79.